The largest absolute Gasteiger partial charge is 0.491 e. The number of aryl methyl sites for hydroxylation is 1. The van der Waals surface area contributed by atoms with Crippen molar-refractivity contribution in [2.45, 2.75) is 19.8 Å². The van der Waals surface area contributed by atoms with Gasteiger partial charge < -0.3 is 10.5 Å². The predicted molar refractivity (Wildman–Crippen MR) is 74.5 cm³/mol. The van der Waals surface area contributed by atoms with Gasteiger partial charge in [-0.3, -0.25) is 4.90 Å². The molecule has 94 valence electrons. The third-order valence-electron chi connectivity index (χ3n) is 3.18. The zero-order chi connectivity index (χ0) is 12.3. The first-order valence-corrected chi connectivity index (χ1v) is 6.87. The lowest BCUT2D eigenvalue weighted by Crippen LogP contribution is -2.25. The number of hydrogen-bond acceptors (Lipinski definition) is 3. The van der Waals surface area contributed by atoms with Gasteiger partial charge in [-0.15, -0.1) is 0 Å². The predicted octanol–water partition coefficient (Wildman–Crippen LogP) is 2.81. The van der Waals surface area contributed by atoms with Crippen LogP contribution in [0.3, 0.4) is 0 Å². The van der Waals surface area contributed by atoms with E-state index in [4.69, 9.17) is 10.5 Å². The molecule has 1 fully saturated rings. The SMILES string of the molecule is Cc1cc(OCCN2CCCC2)c(Br)cc1N. The normalized spacial score (nSPS) is 16.4. The number of nitrogens with two attached hydrogens (primary N) is 1. The first kappa shape index (κ1) is 12.7. The molecule has 0 aliphatic carbocycles. The van der Waals surface area contributed by atoms with Gasteiger partial charge in [0.1, 0.15) is 12.4 Å². The second kappa shape index (κ2) is 5.74. The first-order chi connectivity index (χ1) is 8.16. The highest BCUT2D eigenvalue weighted by molar-refractivity contribution is 9.10. The molecule has 1 aromatic carbocycles. The van der Waals surface area contributed by atoms with Crippen LogP contribution in [0.5, 0.6) is 5.75 Å². The second-order valence-corrected chi connectivity index (χ2v) is 5.39. The van der Waals surface area contributed by atoms with Gasteiger partial charge in [0.05, 0.1) is 4.47 Å². The molecule has 3 nitrogen and oxygen atoms in total. The number of hydrogen-bond donors (Lipinski definition) is 1. The third-order valence-corrected chi connectivity index (χ3v) is 3.80. The maximum absolute atomic E-state index is 5.82. The molecule has 1 heterocycles. The van der Waals surface area contributed by atoms with Gasteiger partial charge in [-0.2, -0.15) is 0 Å². The van der Waals surface area contributed by atoms with Gasteiger partial charge in [-0.1, -0.05) is 0 Å². The van der Waals surface area contributed by atoms with Crippen LogP contribution in [0.1, 0.15) is 18.4 Å². The fraction of sp³-hybridized carbons (Fsp3) is 0.538. The maximum atomic E-state index is 5.82. The molecule has 0 spiro atoms. The average molecular weight is 299 g/mol. The summed E-state index contributed by atoms with van der Waals surface area (Å²) in [4.78, 5) is 2.44. The summed E-state index contributed by atoms with van der Waals surface area (Å²) in [5.74, 6) is 0.885. The quantitative estimate of drug-likeness (QED) is 0.869. The molecule has 0 unspecified atom stereocenters. The Labute approximate surface area is 111 Å². The molecule has 1 aliphatic rings. The Bertz CT molecular complexity index is 389. The standard InChI is InChI=1S/C13H19BrN2O/c1-10-8-13(11(14)9-12(10)15)17-7-6-16-4-2-3-5-16/h8-9H,2-7,15H2,1H3. The number of likely N-dealkylation sites (tertiary alicyclic amines) is 1. The van der Waals surface area contributed by atoms with Crippen LogP contribution in [-0.4, -0.2) is 31.1 Å². The van der Waals surface area contributed by atoms with Crippen molar-refractivity contribution in [1.29, 1.82) is 0 Å². The number of benzene rings is 1. The number of halogens is 1. The van der Waals surface area contributed by atoms with Crippen molar-refractivity contribution in [2.24, 2.45) is 0 Å². The van der Waals surface area contributed by atoms with E-state index < -0.39 is 0 Å². The molecule has 17 heavy (non-hydrogen) atoms. The molecule has 2 N–H and O–H groups in total. The molecule has 4 heteroatoms. The molecule has 0 aromatic heterocycles. The molecule has 1 aromatic rings. The Morgan fingerprint density at radius 1 is 1.35 bits per heavy atom. The summed E-state index contributed by atoms with van der Waals surface area (Å²) < 4.78 is 6.72. The molecule has 2 rings (SSSR count). The van der Waals surface area contributed by atoms with Crippen molar-refractivity contribution < 1.29 is 4.74 Å². The monoisotopic (exact) mass is 298 g/mol. The highest BCUT2D eigenvalue weighted by atomic mass is 79.9. The van der Waals surface area contributed by atoms with Gasteiger partial charge in [0.15, 0.2) is 0 Å². The van der Waals surface area contributed by atoms with Gasteiger partial charge >= 0.3 is 0 Å². The van der Waals surface area contributed by atoms with Crippen LogP contribution >= 0.6 is 15.9 Å². The van der Waals surface area contributed by atoms with Gasteiger partial charge in [0.2, 0.25) is 0 Å². The van der Waals surface area contributed by atoms with E-state index in [9.17, 15) is 0 Å². The Kier molecular flexibility index (Phi) is 4.29. The minimum atomic E-state index is 0.738. The van der Waals surface area contributed by atoms with Crippen molar-refractivity contribution >= 4 is 21.6 Å². The zero-order valence-corrected chi connectivity index (χ0v) is 11.8. The van der Waals surface area contributed by atoms with Crippen LogP contribution in [0.15, 0.2) is 16.6 Å². The molecule has 1 aliphatic heterocycles. The summed E-state index contributed by atoms with van der Waals surface area (Å²) in [6.45, 7) is 6.17. The van der Waals surface area contributed by atoms with Gasteiger partial charge in [0.25, 0.3) is 0 Å². The summed E-state index contributed by atoms with van der Waals surface area (Å²) >= 11 is 3.48. The molecule has 0 saturated carbocycles. The lowest BCUT2D eigenvalue weighted by molar-refractivity contribution is 0.237. The summed E-state index contributed by atoms with van der Waals surface area (Å²) in [7, 11) is 0. The number of ether oxygens (including phenoxy) is 1. The van der Waals surface area contributed by atoms with Crippen LogP contribution < -0.4 is 10.5 Å². The summed E-state index contributed by atoms with van der Waals surface area (Å²) in [6, 6.07) is 3.89. The molecule has 0 amide bonds. The average Bonchev–Trinajstić information content (AvgIpc) is 2.78. The smallest absolute Gasteiger partial charge is 0.133 e. The van der Waals surface area contributed by atoms with E-state index in [1.54, 1.807) is 0 Å². The summed E-state index contributed by atoms with van der Waals surface area (Å²) in [5.41, 5.74) is 7.68. The van der Waals surface area contributed by atoms with Gasteiger partial charge in [0, 0.05) is 12.2 Å². The Balaban J connectivity index is 1.87. The Morgan fingerprint density at radius 2 is 2.06 bits per heavy atom. The van der Waals surface area contributed by atoms with Crippen LogP contribution in [0.25, 0.3) is 0 Å². The number of rotatable bonds is 4. The highest BCUT2D eigenvalue weighted by Gasteiger charge is 2.11. The number of anilines is 1. The summed E-state index contributed by atoms with van der Waals surface area (Å²) in [5, 5.41) is 0. The van der Waals surface area contributed by atoms with Crippen LogP contribution in [0.2, 0.25) is 0 Å². The van der Waals surface area contributed by atoms with Crippen molar-refractivity contribution in [3.8, 4) is 5.75 Å². The van der Waals surface area contributed by atoms with E-state index in [0.717, 1.165) is 34.6 Å². The Hall–Kier alpha value is -0.740. The lowest BCUT2D eigenvalue weighted by Gasteiger charge is -2.16. The zero-order valence-electron chi connectivity index (χ0n) is 10.2. The van der Waals surface area contributed by atoms with E-state index in [1.807, 2.05) is 19.1 Å². The van der Waals surface area contributed by atoms with Crippen LogP contribution in [0.4, 0.5) is 5.69 Å². The molecule has 0 radical (unpaired) electrons. The van der Waals surface area contributed by atoms with E-state index in [-0.39, 0.29) is 0 Å². The van der Waals surface area contributed by atoms with Crippen LogP contribution in [0, 0.1) is 6.92 Å². The van der Waals surface area contributed by atoms with E-state index in [2.05, 4.69) is 20.8 Å². The van der Waals surface area contributed by atoms with E-state index >= 15 is 0 Å². The van der Waals surface area contributed by atoms with Gasteiger partial charge in [-0.25, -0.2) is 0 Å². The highest BCUT2D eigenvalue weighted by Crippen LogP contribution is 2.29. The van der Waals surface area contributed by atoms with Crippen molar-refractivity contribution in [3.63, 3.8) is 0 Å². The summed E-state index contributed by atoms with van der Waals surface area (Å²) in [6.07, 6.45) is 2.65. The molecular formula is C13H19BrN2O. The van der Waals surface area contributed by atoms with Crippen LogP contribution in [-0.2, 0) is 0 Å². The van der Waals surface area contributed by atoms with E-state index in [0.29, 0.717) is 0 Å². The minimum absolute atomic E-state index is 0.738. The molecule has 1 saturated heterocycles. The molecule has 0 bridgehead atoms. The van der Waals surface area contributed by atoms with Crippen molar-refractivity contribution in [2.75, 3.05) is 32.0 Å². The lowest BCUT2D eigenvalue weighted by atomic mass is 10.2. The number of nitrogen functional groups attached to an aromatic ring is 1. The van der Waals surface area contributed by atoms with Crippen molar-refractivity contribution in [1.82, 2.24) is 4.90 Å². The maximum Gasteiger partial charge on any atom is 0.133 e. The Morgan fingerprint density at radius 3 is 2.76 bits per heavy atom. The van der Waals surface area contributed by atoms with Gasteiger partial charge in [-0.05, 0) is 66.5 Å². The fourth-order valence-corrected chi connectivity index (χ4v) is 2.55. The number of nitrogens with zero attached hydrogens (tertiary/aromatic N) is 1. The molecule has 0 atom stereocenters. The van der Waals surface area contributed by atoms with E-state index in [1.165, 1.54) is 25.9 Å². The van der Waals surface area contributed by atoms with Crippen molar-refractivity contribution in [3.05, 3.63) is 22.2 Å². The first-order valence-electron chi connectivity index (χ1n) is 6.07. The minimum Gasteiger partial charge on any atom is -0.491 e. The topological polar surface area (TPSA) is 38.5 Å². The third kappa shape index (κ3) is 3.36. The fourth-order valence-electron chi connectivity index (χ4n) is 2.07. The second-order valence-electron chi connectivity index (χ2n) is 4.54. The molecular weight excluding hydrogens is 280 g/mol.